The summed E-state index contributed by atoms with van der Waals surface area (Å²) in [7, 11) is 0. The molecule has 5 heteroatoms. The van der Waals surface area contributed by atoms with Gasteiger partial charge in [0, 0.05) is 45.1 Å². The molecule has 0 saturated heterocycles. The minimum Gasteiger partial charge on any atom is -0.382 e. The van der Waals surface area contributed by atoms with Gasteiger partial charge in [0.05, 0.1) is 0 Å². The number of hydrogen-bond acceptors (Lipinski definition) is 3. The second kappa shape index (κ2) is 10.9. The first-order chi connectivity index (χ1) is 10.7. The summed E-state index contributed by atoms with van der Waals surface area (Å²) in [6.07, 6.45) is 0.903. The van der Waals surface area contributed by atoms with Gasteiger partial charge in [0.15, 0.2) is 5.96 Å². The Morgan fingerprint density at radius 1 is 1.32 bits per heavy atom. The van der Waals surface area contributed by atoms with Crippen molar-refractivity contribution >= 4 is 11.6 Å². The van der Waals surface area contributed by atoms with Crippen LogP contribution >= 0.6 is 0 Å². The normalized spacial score (nSPS) is 11.5. The summed E-state index contributed by atoms with van der Waals surface area (Å²) in [4.78, 5) is 6.63. The number of rotatable bonds is 10. The first-order valence-corrected chi connectivity index (χ1v) is 8.11. The lowest BCUT2D eigenvalue weighted by atomic mass is 10.2. The summed E-state index contributed by atoms with van der Waals surface area (Å²) in [6.45, 7) is 11.1. The van der Waals surface area contributed by atoms with Crippen LogP contribution in [0.2, 0.25) is 0 Å². The molecule has 5 nitrogen and oxygen atoms in total. The maximum absolute atomic E-state index is 5.86. The van der Waals surface area contributed by atoms with E-state index in [-0.39, 0.29) is 0 Å². The molecule has 0 aliphatic carbocycles. The van der Waals surface area contributed by atoms with E-state index in [4.69, 9.17) is 10.5 Å². The van der Waals surface area contributed by atoms with E-state index in [0.29, 0.717) is 12.5 Å². The Balaban J connectivity index is 2.32. The number of para-hydroxylation sites is 1. The molecule has 0 fully saturated rings. The number of aliphatic imine (C=N–C) groups is 1. The number of anilines is 1. The third-order valence-electron chi connectivity index (χ3n) is 3.46. The average molecular weight is 306 g/mol. The molecule has 22 heavy (non-hydrogen) atoms. The third-order valence-corrected chi connectivity index (χ3v) is 3.46. The Morgan fingerprint density at radius 3 is 2.77 bits per heavy atom. The number of guanidine groups is 1. The highest BCUT2D eigenvalue weighted by molar-refractivity contribution is 5.77. The zero-order valence-electron chi connectivity index (χ0n) is 14.1. The molecule has 0 aliphatic rings. The highest BCUT2D eigenvalue weighted by Crippen LogP contribution is 2.18. The van der Waals surface area contributed by atoms with Gasteiger partial charge in [-0.2, -0.15) is 0 Å². The Hall–Kier alpha value is -1.75. The molecule has 1 aromatic rings. The molecule has 0 saturated carbocycles. The van der Waals surface area contributed by atoms with E-state index >= 15 is 0 Å². The molecule has 0 radical (unpaired) electrons. The predicted molar refractivity (Wildman–Crippen MR) is 94.7 cm³/mol. The standard InChI is InChI=1S/C17H30N4O/c1-4-21(16-10-7-6-9-15(16)3)13-12-20-17(18)19-11-8-14-22-5-2/h6-7,9-10H,4-5,8,11-14H2,1-3H3,(H3,18,19,20). The van der Waals surface area contributed by atoms with E-state index in [1.165, 1.54) is 11.3 Å². The van der Waals surface area contributed by atoms with Crippen LogP contribution in [0.5, 0.6) is 0 Å². The second-order valence-corrected chi connectivity index (χ2v) is 5.11. The number of likely N-dealkylation sites (N-methyl/N-ethyl adjacent to an activating group) is 1. The van der Waals surface area contributed by atoms with Crippen molar-refractivity contribution in [3.63, 3.8) is 0 Å². The van der Waals surface area contributed by atoms with E-state index in [2.05, 4.69) is 53.3 Å². The fourth-order valence-corrected chi connectivity index (χ4v) is 2.25. The van der Waals surface area contributed by atoms with Crippen molar-refractivity contribution in [1.82, 2.24) is 5.32 Å². The first kappa shape index (κ1) is 18.3. The molecule has 0 bridgehead atoms. The summed E-state index contributed by atoms with van der Waals surface area (Å²) in [5, 5.41) is 3.17. The molecule has 1 aromatic carbocycles. The molecular formula is C17H30N4O. The van der Waals surface area contributed by atoms with Crippen LogP contribution in [0.4, 0.5) is 5.69 Å². The summed E-state index contributed by atoms with van der Waals surface area (Å²) in [5.74, 6) is 0.511. The molecule has 0 aliphatic heterocycles. The third kappa shape index (κ3) is 6.80. The van der Waals surface area contributed by atoms with Crippen molar-refractivity contribution in [2.24, 2.45) is 10.7 Å². The molecule has 0 unspecified atom stereocenters. The van der Waals surface area contributed by atoms with Gasteiger partial charge < -0.3 is 20.7 Å². The minimum absolute atomic E-state index is 0.511. The number of nitrogens with two attached hydrogens (primary N) is 1. The number of aryl methyl sites for hydroxylation is 1. The fraction of sp³-hybridized carbons (Fsp3) is 0.588. The van der Waals surface area contributed by atoms with Gasteiger partial charge in [-0.15, -0.1) is 0 Å². The SMILES string of the molecule is CCOCCCN=C(N)NCCN(CC)c1ccccc1C. The molecule has 3 N–H and O–H groups in total. The summed E-state index contributed by atoms with van der Waals surface area (Å²) in [5.41, 5.74) is 8.43. The van der Waals surface area contributed by atoms with Gasteiger partial charge in [-0.25, -0.2) is 0 Å². The topological polar surface area (TPSA) is 62.9 Å². The lowest BCUT2D eigenvalue weighted by Crippen LogP contribution is -2.39. The largest absolute Gasteiger partial charge is 0.382 e. The van der Waals surface area contributed by atoms with E-state index in [9.17, 15) is 0 Å². The molecule has 0 amide bonds. The number of ether oxygens (including phenoxy) is 1. The Bertz CT molecular complexity index is 448. The molecule has 0 spiro atoms. The van der Waals surface area contributed by atoms with Gasteiger partial charge in [0.2, 0.25) is 0 Å². The van der Waals surface area contributed by atoms with Crippen molar-refractivity contribution in [2.45, 2.75) is 27.2 Å². The monoisotopic (exact) mass is 306 g/mol. The van der Waals surface area contributed by atoms with Crippen LogP contribution in [-0.2, 0) is 4.74 Å². The highest BCUT2D eigenvalue weighted by Gasteiger charge is 2.06. The molecule has 0 heterocycles. The predicted octanol–water partition coefficient (Wildman–Crippen LogP) is 2.15. The van der Waals surface area contributed by atoms with Crippen LogP contribution in [0.1, 0.15) is 25.8 Å². The number of nitrogens with one attached hydrogen (secondary N) is 1. The number of nitrogens with zero attached hydrogens (tertiary/aromatic N) is 2. The van der Waals surface area contributed by atoms with Crippen molar-refractivity contribution in [2.75, 3.05) is 44.3 Å². The maximum atomic E-state index is 5.86. The van der Waals surface area contributed by atoms with E-state index < -0.39 is 0 Å². The van der Waals surface area contributed by atoms with Crippen LogP contribution in [0.15, 0.2) is 29.3 Å². The van der Waals surface area contributed by atoms with Gasteiger partial charge in [0.1, 0.15) is 0 Å². The van der Waals surface area contributed by atoms with E-state index in [0.717, 1.165) is 39.3 Å². The first-order valence-electron chi connectivity index (χ1n) is 8.11. The smallest absolute Gasteiger partial charge is 0.188 e. The number of benzene rings is 1. The summed E-state index contributed by atoms with van der Waals surface area (Å²) >= 11 is 0. The Labute approximate surface area is 134 Å². The van der Waals surface area contributed by atoms with Crippen molar-refractivity contribution in [3.05, 3.63) is 29.8 Å². The minimum atomic E-state index is 0.511. The summed E-state index contributed by atoms with van der Waals surface area (Å²) in [6, 6.07) is 8.44. The lowest BCUT2D eigenvalue weighted by molar-refractivity contribution is 0.146. The summed E-state index contributed by atoms with van der Waals surface area (Å²) < 4.78 is 5.27. The average Bonchev–Trinajstić information content (AvgIpc) is 2.52. The van der Waals surface area contributed by atoms with Crippen molar-refractivity contribution in [3.8, 4) is 0 Å². The highest BCUT2D eigenvalue weighted by atomic mass is 16.5. The fourth-order valence-electron chi connectivity index (χ4n) is 2.25. The van der Waals surface area contributed by atoms with Crippen molar-refractivity contribution in [1.29, 1.82) is 0 Å². The van der Waals surface area contributed by atoms with Gasteiger partial charge in [-0.05, 0) is 38.8 Å². The van der Waals surface area contributed by atoms with E-state index in [1.807, 2.05) is 6.92 Å². The van der Waals surface area contributed by atoms with Crippen LogP contribution in [0, 0.1) is 6.92 Å². The van der Waals surface area contributed by atoms with Crippen molar-refractivity contribution < 1.29 is 4.74 Å². The van der Waals surface area contributed by atoms with Crippen LogP contribution in [-0.4, -0.2) is 45.4 Å². The maximum Gasteiger partial charge on any atom is 0.188 e. The number of hydrogen-bond donors (Lipinski definition) is 2. The lowest BCUT2D eigenvalue weighted by Gasteiger charge is -2.25. The Kier molecular flexibility index (Phi) is 9.07. The van der Waals surface area contributed by atoms with Gasteiger partial charge in [0.25, 0.3) is 0 Å². The molecule has 0 atom stereocenters. The van der Waals surface area contributed by atoms with E-state index in [1.54, 1.807) is 0 Å². The quantitative estimate of drug-likeness (QED) is 0.395. The van der Waals surface area contributed by atoms with Gasteiger partial charge >= 0.3 is 0 Å². The second-order valence-electron chi connectivity index (χ2n) is 5.11. The van der Waals surface area contributed by atoms with Crippen LogP contribution in [0.3, 0.4) is 0 Å². The van der Waals surface area contributed by atoms with Crippen LogP contribution in [0.25, 0.3) is 0 Å². The zero-order valence-corrected chi connectivity index (χ0v) is 14.1. The zero-order chi connectivity index (χ0) is 16.2. The van der Waals surface area contributed by atoms with Gasteiger partial charge in [-0.3, -0.25) is 4.99 Å². The molecular weight excluding hydrogens is 276 g/mol. The molecule has 1 rings (SSSR count). The molecule has 124 valence electrons. The van der Waals surface area contributed by atoms with Crippen LogP contribution < -0.4 is 16.0 Å². The Morgan fingerprint density at radius 2 is 2.09 bits per heavy atom. The van der Waals surface area contributed by atoms with Gasteiger partial charge in [-0.1, -0.05) is 18.2 Å². The molecule has 0 aromatic heterocycles.